The Labute approximate surface area is 72.8 Å². The van der Waals surface area contributed by atoms with Crippen LogP contribution in [0, 0.1) is 6.92 Å². The van der Waals surface area contributed by atoms with Gasteiger partial charge in [-0.25, -0.2) is 0 Å². The summed E-state index contributed by atoms with van der Waals surface area (Å²) in [5.74, 6) is -0.544. The van der Waals surface area contributed by atoms with Gasteiger partial charge in [0.25, 0.3) is 0 Å². The number of nitrogen functional groups attached to an aromatic ring is 1. The lowest BCUT2D eigenvalue weighted by atomic mass is 10.1. The summed E-state index contributed by atoms with van der Waals surface area (Å²) in [4.78, 5) is 0. The van der Waals surface area contributed by atoms with E-state index >= 15 is 0 Å². The molecule has 0 fully saturated rings. The molecule has 0 aliphatic heterocycles. The first-order valence-corrected chi connectivity index (χ1v) is 3.49. The topological polar surface area (TPSA) is 46.2 Å². The van der Waals surface area contributed by atoms with E-state index in [-0.39, 0.29) is 5.56 Å². The maximum Gasteiger partial charge on any atom is 0.418 e. The van der Waals surface area contributed by atoms with E-state index in [9.17, 15) is 13.2 Å². The molecule has 1 aromatic carbocycles. The van der Waals surface area contributed by atoms with Gasteiger partial charge in [-0.3, -0.25) is 0 Å². The zero-order chi connectivity index (χ0) is 10.2. The first kappa shape index (κ1) is 9.70. The molecular formula is C8H8F3NO. The summed E-state index contributed by atoms with van der Waals surface area (Å²) in [6.07, 6.45) is -4.52. The highest BCUT2D eigenvalue weighted by Gasteiger charge is 2.35. The number of hydrogen-bond donors (Lipinski definition) is 2. The lowest BCUT2D eigenvalue weighted by Gasteiger charge is -2.13. The second kappa shape index (κ2) is 2.83. The average Bonchev–Trinajstić information content (AvgIpc) is 1.95. The summed E-state index contributed by atoms with van der Waals surface area (Å²) in [6, 6.07) is 2.31. The number of phenolic OH excluding ortho intramolecular Hbond substituents is 1. The molecule has 0 aliphatic carbocycles. The van der Waals surface area contributed by atoms with E-state index in [2.05, 4.69) is 0 Å². The molecule has 3 N–H and O–H groups in total. The molecule has 72 valence electrons. The molecule has 0 bridgehead atoms. The van der Waals surface area contributed by atoms with Crippen LogP contribution in [-0.4, -0.2) is 5.11 Å². The Kier molecular flexibility index (Phi) is 2.11. The Morgan fingerprint density at radius 1 is 1.31 bits per heavy atom. The minimum Gasteiger partial charge on any atom is -0.506 e. The van der Waals surface area contributed by atoms with Crippen LogP contribution in [0.5, 0.6) is 5.75 Å². The summed E-state index contributed by atoms with van der Waals surface area (Å²) < 4.78 is 36.9. The lowest BCUT2D eigenvalue weighted by Crippen LogP contribution is -2.11. The van der Waals surface area contributed by atoms with E-state index in [1.807, 2.05) is 0 Å². The van der Waals surface area contributed by atoms with Gasteiger partial charge in [-0.2, -0.15) is 13.2 Å². The second-order valence-corrected chi connectivity index (χ2v) is 2.69. The van der Waals surface area contributed by atoms with E-state index < -0.39 is 23.2 Å². The summed E-state index contributed by atoms with van der Waals surface area (Å²) in [7, 11) is 0. The second-order valence-electron chi connectivity index (χ2n) is 2.69. The zero-order valence-electron chi connectivity index (χ0n) is 6.81. The minimum absolute atomic E-state index is 0.00259. The van der Waals surface area contributed by atoms with Crippen molar-refractivity contribution in [2.24, 2.45) is 0 Å². The number of phenols is 1. The number of anilines is 1. The number of benzene rings is 1. The number of rotatable bonds is 0. The SMILES string of the molecule is Cc1ccc(O)c(N)c1C(F)(F)F. The maximum absolute atomic E-state index is 12.3. The largest absolute Gasteiger partial charge is 0.506 e. The number of hydrogen-bond acceptors (Lipinski definition) is 2. The summed E-state index contributed by atoms with van der Waals surface area (Å²) in [6.45, 7) is 1.29. The van der Waals surface area contributed by atoms with Gasteiger partial charge in [0.15, 0.2) is 0 Å². The van der Waals surface area contributed by atoms with Crippen molar-refractivity contribution in [1.82, 2.24) is 0 Å². The van der Waals surface area contributed by atoms with E-state index in [4.69, 9.17) is 10.8 Å². The zero-order valence-corrected chi connectivity index (χ0v) is 6.81. The summed E-state index contributed by atoms with van der Waals surface area (Å²) >= 11 is 0. The average molecular weight is 191 g/mol. The van der Waals surface area contributed by atoms with Crippen molar-refractivity contribution in [3.8, 4) is 5.75 Å². The molecule has 1 aromatic rings. The Morgan fingerprint density at radius 2 is 1.85 bits per heavy atom. The predicted molar refractivity (Wildman–Crippen MR) is 42.3 cm³/mol. The number of nitrogens with two attached hydrogens (primary N) is 1. The molecule has 2 nitrogen and oxygen atoms in total. The molecule has 0 amide bonds. The maximum atomic E-state index is 12.3. The van der Waals surface area contributed by atoms with Gasteiger partial charge in [0.05, 0.1) is 11.3 Å². The van der Waals surface area contributed by atoms with Crippen molar-refractivity contribution in [1.29, 1.82) is 0 Å². The van der Waals surface area contributed by atoms with Crippen LogP contribution in [0.4, 0.5) is 18.9 Å². The molecule has 0 aromatic heterocycles. The normalized spacial score (nSPS) is 11.7. The Bertz CT molecular complexity index is 333. The van der Waals surface area contributed by atoms with Gasteiger partial charge in [-0.1, -0.05) is 6.07 Å². The molecule has 1 rings (SSSR count). The van der Waals surface area contributed by atoms with Crippen molar-refractivity contribution in [3.05, 3.63) is 23.3 Å². The molecular weight excluding hydrogens is 183 g/mol. The Balaban J connectivity index is 3.43. The summed E-state index contributed by atoms with van der Waals surface area (Å²) in [5, 5.41) is 8.96. The van der Waals surface area contributed by atoms with Gasteiger partial charge in [0, 0.05) is 0 Å². The molecule has 13 heavy (non-hydrogen) atoms. The highest BCUT2D eigenvalue weighted by molar-refractivity contribution is 5.61. The monoisotopic (exact) mass is 191 g/mol. The smallest absolute Gasteiger partial charge is 0.418 e. The van der Waals surface area contributed by atoms with Gasteiger partial charge in [0.1, 0.15) is 5.75 Å². The molecule has 0 radical (unpaired) electrons. The van der Waals surface area contributed by atoms with Gasteiger partial charge in [-0.05, 0) is 18.6 Å². The van der Waals surface area contributed by atoms with Crippen LogP contribution in [-0.2, 0) is 6.18 Å². The van der Waals surface area contributed by atoms with Crippen LogP contribution in [0.2, 0.25) is 0 Å². The van der Waals surface area contributed by atoms with Crippen LogP contribution in [0.25, 0.3) is 0 Å². The van der Waals surface area contributed by atoms with E-state index in [1.165, 1.54) is 13.0 Å². The predicted octanol–water partition coefficient (Wildman–Crippen LogP) is 2.30. The fourth-order valence-electron chi connectivity index (χ4n) is 1.09. The number of halogens is 3. The van der Waals surface area contributed by atoms with E-state index in [1.54, 1.807) is 0 Å². The van der Waals surface area contributed by atoms with Crippen molar-refractivity contribution in [2.45, 2.75) is 13.1 Å². The van der Waals surface area contributed by atoms with Crippen LogP contribution >= 0.6 is 0 Å². The third-order valence-corrected chi connectivity index (χ3v) is 1.71. The third-order valence-electron chi connectivity index (χ3n) is 1.71. The fourth-order valence-corrected chi connectivity index (χ4v) is 1.09. The quantitative estimate of drug-likeness (QED) is 0.488. The van der Waals surface area contributed by atoms with Gasteiger partial charge in [0.2, 0.25) is 0 Å². The van der Waals surface area contributed by atoms with Gasteiger partial charge >= 0.3 is 6.18 Å². The van der Waals surface area contributed by atoms with Crippen LogP contribution in [0.3, 0.4) is 0 Å². The molecule has 0 aliphatic rings. The number of aryl methyl sites for hydroxylation is 1. The Hall–Kier alpha value is -1.39. The third kappa shape index (κ3) is 1.68. The van der Waals surface area contributed by atoms with Crippen molar-refractivity contribution >= 4 is 5.69 Å². The number of alkyl halides is 3. The molecule has 0 saturated heterocycles. The van der Waals surface area contributed by atoms with E-state index in [0.29, 0.717) is 0 Å². The van der Waals surface area contributed by atoms with Crippen LogP contribution in [0.1, 0.15) is 11.1 Å². The summed E-state index contributed by atoms with van der Waals surface area (Å²) in [5.41, 5.74) is 3.52. The molecule has 0 atom stereocenters. The van der Waals surface area contributed by atoms with Gasteiger partial charge in [-0.15, -0.1) is 0 Å². The highest BCUT2D eigenvalue weighted by atomic mass is 19.4. The molecule has 0 spiro atoms. The van der Waals surface area contributed by atoms with Crippen LogP contribution < -0.4 is 5.73 Å². The Morgan fingerprint density at radius 3 is 2.23 bits per heavy atom. The number of aromatic hydroxyl groups is 1. The van der Waals surface area contributed by atoms with Crippen molar-refractivity contribution in [2.75, 3.05) is 5.73 Å². The van der Waals surface area contributed by atoms with Crippen molar-refractivity contribution in [3.63, 3.8) is 0 Å². The molecule has 0 saturated carbocycles. The standard InChI is InChI=1S/C8H8F3NO/c1-4-2-3-5(13)7(12)6(4)8(9,10)11/h2-3,13H,12H2,1H3. The first-order valence-electron chi connectivity index (χ1n) is 3.49. The highest BCUT2D eigenvalue weighted by Crippen LogP contribution is 2.39. The molecule has 5 heteroatoms. The first-order chi connectivity index (χ1) is 5.84. The van der Waals surface area contributed by atoms with Crippen molar-refractivity contribution < 1.29 is 18.3 Å². The molecule has 0 heterocycles. The van der Waals surface area contributed by atoms with Crippen LogP contribution in [0.15, 0.2) is 12.1 Å². The lowest BCUT2D eigenvalue weighted by molar-refractivity contribution is -0.137. The minimum atomic E-state index is -4.52. The van der Waals surface area contributed by atoms with E-state index in [0.717, 1.165) is 6.07 Å². The fraction of sp³-hybridized carbons (Fsp3) is 0.250. The molecule has 0 unspecified atom stereocenters. The van der Waals surface area contributed by atoms with Gasteiger partial charge < -0.3 is 10.8 Å².